The standard InChI is InChI=1S/C9H6F5NO2/c1-4-2-15-6(8(10)11)7(5(4)3-16)17-9(12,13)14/h2-3,8H,1H3. The molecule has 1 heterocycles. The largest absolute Gasteiger partial charge is 0.573 e. The average molecular weight is 255 g/mol. The van der Waals surface area contributed by atoms with Gasteiger partial charge in [-0.25, -0.2) is 8.78 Å². The first-order valence-corrected chi connectivity index (χ1v) is 4.25. The fourth-order valence-electron chi connectivity index (χ4n) is 1.14. The zero-order valence-corrected chi connectivity index (χ0v) is 8.39. The van der Waals surface area contributed by atoms with Crippen LogP contribution < -0.4 is 4.74 Å². The summed E-state index contributed by atoms with van der Waals surface area (Å²) in [6.07, 6.45) is -7.54. The van der Waals surface area contributed by atoms with Crippen LogP contribution in [0.5, 0.6) is 5.75 Å². The van der Waals surface area contributed by atoms with Gasteiger partial charge in [-0.2, -0.15) is 0 Å². The maximum absolute atomic E-state index is 12.4. The highest BCUT2D eigenvalue weighted by Gasteiger charge is 2.35. The first kappa shape index (κ1) is 13.3. The summed E-state index contributed by atoms with van der Waals surface area (Å²) in [7, 11) is 0. The number of pyridine rings is 1. The van der Waals surface area contributed by atoms with Crippen molar-refractivity contribution in [1.82, 2.24) is 4.98 Å². The second-order valence-corrected chi connectivity index (χ2v) is 3.04. The zero-order valence-electron chi connectivity index (χ0n) is 8.39. The maximum Gasteiger partial charge on any atom is 0.573 e. The van der Waals surface area contributed by atoms with Gasteiger partial charge in [0.25, 0.3) is 6.43 Å². The normalized spacial score (nSPS) is 11.7. The molecule has 17 heavy (non-hydrogen) atoms. The Balaban J connectivity index is 3.39. The quantitative estimate of drug-likeness (QED) is 0.615. The summed E-state index contributed by atoms with van der Waals surface area (Å²) in [6.45, 7) is 1.26. The molecule has 0 amide bonds. The fourth-order valence-corrected chi connectivity index (χ4v) is 1.14. The molecule has 3 nitrogen and oxygen atoms in total. The molecule has 0 unspecified atom stereocenters. The summed E-state index contributed by atoms with van der Waals surface area (Å²) in [5, 5.41) is 0. The van der Waals surface area contributed by atoms with E-state index in [1.807, 2.05) is 0 Å². The van der Waals surface area contributed by atoms with E-state index in [0.29, 0.717) is 0 Å². The molecule has 0 aromatic carbocycles. The summed E-state index contributed by atoms with van der Waals surface area (Å²) in [5.41, 5.74) is -1.79. The molecule has 0 saturated carbocycles. The molecule has 0 radical (unpaired) electrons. The number of ether oxygens (including phenoxy) is 1. The number of hydrogen-bond acceptors (Lipinski definition) is 3. The lowest BCUT2D eigenvalue weighted by molar-refractivity contribution is -0.275. The van der Waals surface area contributed by atoms with E-state index in [0.717, 1.165) is 6.20 Å². The predicted octanol–water partition coefficient (Wildman–Crippen LogP) is 3.04. The molecular formula is C9H6F5NO2. The average Bonchev–Trinajstić information content (AvgIpc) is 2.15. The van der Waals surface area contributed by atoms with Crippen LogP contribution in [0.25, 0.3) is 0 Å². The van der Waals surface area contributed by atoms with Crippen molar-refractivity contribution in [2.75, 3.05) is 0 Å². The third-order valence-electron chi connectivity index (χ3n) is 1.84. The summed E-state index contributed by atoms with van der Waals surface area (Å²) in [4.78, 5) is 13.7. The third kappa shape index (κ3) is 3.11. The van der Waals surface area contributed by atoms with Crippen molar-refractivity contribution in [2.24, 2.45) is 0 Å². The van der Waals surface area contributed by atoms with Crippen molar-refractivity contribution in [1.29, 1.82) is 0 Å². The van der Waals surface area contributed by atoms with Crippen molar-refractivity contribution >= 4 is 6.29 Å². The van der Waals surface area contributed by atoms with Gasteiger partial charge >= 0.3 is 6.36 Å². The molecule has 0 N–H and O–H groups in total. The van der Waals surface area contributed by atoms with Gasteiger partial charge in [0.2, 0.25) is 0 Å². The van der Waals surface area contributed by atoms with Gasteiger partial charge in [-0.1, -0.05) is 0 Å². The van der Waals surface area contributed by atoms with Gasteiger partial charge in [-0.05, 0) is 12.5 Å². The molecule has 0 aliphatic carbocycles. The monoisotopic (exact) mass is 255 g/mol. The molecule has 0 spiro atoms. The summed E-state index contributed by atoms with van der Waals surface area (Å²) < 4.78 is 64.3. The van der Waals surface area contributed by atoms with Crippen molar-refractivity contribution in [3.8, 4) is 5.75 Å². The lowest BCUT2D eigenvalue weighted by atomic mass is 10.1. The molecule has 0 fully saturated rings. The predicted molar refractivity (Wildman–Crippen MR) is 46.0 cm³/mol. The molecule has 8 heteroatoms. The second-order valence-electron chi connectivity index (χ2n) is 3.04. The fraction of sp³-hybridized carbons (Fsp3) is 0.333. The number of hydrogen-bond donors (Lipinski definition) is 0. The molecule has 1 rings (SSSR count). The minimum absolute atomic E-state index is 0.0173. The molecule has 1 aromatic heterocycles. The minimum Gasteiger partial charge on any atom is -0.403 e. The van der Waals surface area contributed by atoms with E-state index >= 15 is 0 Å². The highest BCUT2D eigenvalue weighted by Crippen LogP contribution is 2.34. The second kappa shape index (κ2) is 4.64. The van der Waals surface area contributed by atoms with E-state index in [1.54, 1.807) is 0 Å². The summed E-state index contributed by atoms with van der Waals surface area (Å²) in [5.74, 6) is -1.25. The Bertz CT molecular complexity index is 430. The van der Waals surface area contributed by atoms with E-state index in [4.69, 9.17) is 0 Å². The SMILES string of the molecule is Cc1cnc(C(F)F)c(OC(F)(F)F)c1C=O. The number of alkyl halides is 5. The Morgan fingerprint density at radius 2 is 2.00 bits per heavy atom. The van der Waals surface area contributed by atoms with Crippen molar-refractivity contribution in [3.63, 3.8) is 0 Å². The Hall–Kier alpha value is -1.73. The van der Waals surface area contributed by atoms with E-state index in [1.165, 1.54) is 6.92 Å². The van der Waals surface area contributed by atoms with Gasteiger partial charge in [0.1, 0.15) is 5.69 Å². The van der Waals surface area contributed by atoms with Crippen LogP contribution in [0.4, 0.5) is 22.0 Å². The molecule has 0 bridgehead atoms. The molecule has 0 atom stereocenters. The van der Waals surface area contributed by atoms with Gasteiger partial charge in [0.15, 0.2) is 12.0 Å². The van der Waals surface area contributed by atoms with Crippen LogP contribution in [-0.2, 0) is 0 Å². The van der Waals surface area contributed by atoms with E-state index in [-0.39, 0.29) is 11.8 Å². The number of halogens is 5. The zero-order chi connectivity index (χ0) is 13.2. The topological polar surface area (TPSA) is 39.2 Å². The number of aldehydes is 1. The number of aryl methyl sites for hydroxylation is 1. The van der Waals surface area contributed by atoms with Crippen LogP contribution in [0.15, 0.2) is 6.20 Å². The van der Waals surface area contributed by atoms with E-state index in [9.17, 15) is 26.7 Å². The summed E-state index contributed by atoms with van der Waals surface area (Å²) in [6, 6.07) is 0. The van der Waals surface area contributed by atoms with Crippen molar-refractivity contribution in [3.05, 3.63) is 23.0 Å². The van der Waals surface area contributed by atoms with Crippen LogP contribution >= 0.6 is 0 Å². The number of aromatic nitrogens is 1. The van der Waals surface area contributed by atoms with Crippen molar-refractivity contribution in [2.45, 2.75) is 19.7 Å². The molecular weight excluding hydrogens is 249 g/mol. The highest BCUT2D eigenvalue weighted by atomic mass is 19.4. The third-order valence-corrected chi connectivity index (χ3v) is 1.84. The first-order chi connectivity index (χ1) is 7.76. The smallest absolute Gasteiger partial charge is 0.403 e. The molecule has 1 aromatic rings. The Morgan fingerprint density at radius 3 is 2.41 bits per heavy atom. The number of carbonyl (C=O) groups is 1. The van der Waals surface area contributed by atoms with Gasteiger partial charge in [-0.3, -0.25) is 9.78 Å². The Kier molecular flexibility index (Phi) is 3.64. The summed E-state index contributed by atoms with van der Waals surface area (Å²) >= 11 is 0. The first-order valence-electron chi connectivity index (χ1n) is 4.25. The van der Waals surface area contributed by atoms with Gasteiger partial charge in [0, 0.05) is 6.20 Å². The van der Waals surface area contributed by atoms with Gasteiger partial charge in [0.05, 0.1) is 5.56 Å². The maximum atomic E-state index is 12.4. The number of nitrogens with zero attached hydrogens (tertiary/aromatic N) is 1. The minimum atomic E-state index is -5.17. The highest BCUT2D eigenvalue weighted by molar-refractivity contribution is 5.82. The van der Waals surface area contributed by atoms with Gasteiger partial charge < -0.3 is 4.74 Å². The lowest BCUT2D eigenvalue weighted by Gasteiger charge is -2.15. The molecule has 0 saturated heterocycles. The van der Waals surface area contributed by atoms with Gasteiger partial charge in [-0.15, -0.1) is 13.2 Å². The Morgan fingerprint density at radius 1 is 1.41 bits per heavy atom. The molecule has 0 aliphatic rings. The van der Waals surface area contributed by atoms with Crippen LogP contribution in [0, 0.1) is 6.92 Å². The molecule has 0 aliphatic heterocycles. The molecule has 94 valence electrons. The number of rotatable bonds is 3. The van der Waals surface area contributed by atoms with Crippen LogP contribution in [0.1, 0.15) is 28.0 Å². The Labute approximate surface area is 92.2 Å². The number of carbonyl (C=O) groups excluding carboxylic acids is 1. The van der Waals surface area contributed by atoms with Crippen molar-refractivity contribution < 1.29 is 31.5 Å². The van der Waals surface area contributed by atoms with E-state index in [2.05, 4.69) is 9.72 Å². The van der Waals surface area contributed by atoms with E-state index < -0.39 is 29.8 Å². The lowest BCUT2D eigenvalue weighted by Crippen LogP contribution is -2.20. The van der Waals surface area contributed by atoms with Crippen LogP contribution in [-0.4, -0.2) is 17.6 Å². The van der Waals surface area contributed by atoms with Crippen LogP contribution in [0.3, 0.4) is 0 Å². The van der Waals surface area contributed by atoms with Crippen LogP contribution in [0.2, 0.25) is 0 Å².